The Kier molecular flexibility index (Phi) is 7.51. The second-order valence-electron chi connectivity index (χ2n) is 6.92. The van der Waals surface area contributed by atoms with Gasteiger partial charge in [0.05, 0.1) is 12.2 Å². The minimum Gasteiger partial charge on any atom is -0.457 e. The minimum atomic E-state index is -0.509. The van der Waals surface area contributed by atoms with Crippen LogP contribution < -0.4 is 15.8 Å². The van der Waals surface area contributed by atoms with Crippen LogP contribution in [-0.4, -0.2) is 42.5 Å². The fraction of sp³-hybridized carbons (Fsp3) is 0.125. The van der Waals surface area contributed by atoms with Crippen molar-refractivity contribution in [3.8, 4) is 11.5 Å². The van der Waals surface area contributed by atoms with E-state index in [4.69, 9.17) is 10.5 Å². The number of benzene rings is 3. The van der Waals surface area contributed by atoms with Crippen molar-refractivity contribution in [3.63, 3.8) is 0 Å². The Hall–Kier alpha value is -3.78. The van der Waals surface area contributed by atoms with Crippen molar-refractivity contribution < 1.29 is 19.1 Å². The van der Waals surface area contributed by atoms with E-state index in [-0.39, 0.29) is 18.4 Å². The number of amides is 3. The van der Waals surface area contributed by atoms with Gasteiger partial charge in [0.15, 0.2) is 0 Å². The third-order valence-corrected chi connectivity index (χ3v) is 5.38. The molecule has 164 valence electrons. The molecule has 32 heavy (non-hydrogen) atoms. The maximum Gasteiger partial charge on any atom is 0.254 e. The second kappa shape index (κ2) is 10.5. The van der Waals surface area contributed by atoms with Crippen molar-refractivity contribution in [1.29, 1.82) is 0 Å². The number of nitrogens with zero attached hydrogens (tertiary/aromatic N) is 1. The predicted octanol–water partition coefficient (Wildman–Crippen LogP) is 4.01. The molecule has 3 rings (SSSR count). The molecule has 3 aromatic carbocycles. The van der Waals surface area contributed by atoms with Gasteiger partial charge in [-0.2, -0.15) is 0 Å². The number of nitrogens with one attached hydrogen (secondary N) is 1. The van der Waals surface area contributed by atoms with Crippen LogP contribution in [0.15, 0.2) is 77.7 Å². The van der Waals surface area contributed by atoms with Gasteiger partial charge in [-0.3, -0.25) is 14.4 Å². The molecule has 0 aliphatic heterocycles. The molecule has 0 heterocycles. The lowest BCUT2D eigenvalue weighted by Crippen LogP contribution is -2.35. The van der Waals surface area contributed by atoms with Crippen molar-refractivity contribution in [2.24, 2.45) is 5.73 Å². The molecule has 3 amide bonds. The summed E-state index contributed by atoms with van der Waals surface area (Å²) in [6.07, 6.45) is 1.93. The summed E-state index contributed by atoms with van der Waals surface area (Å²) in [5, 5.41) is 2.84. The summed E-state index contributed by atoms with van der Waals surface area (Å²) in [5.41, 5.74) is 6.77. The Morgan fingerprint density at radius 3 is 2.03 bits per heavy atom. The van der Waals surface area contributed by atoms with Crippen LogP contribution >= 0.6 is 11.8 Å². The maximum absolute atomic E-state index is 12.7. The summed E-state index contributed by atoms with van der Waals surface area (Å²) in [6.45, 7) is -0.0774. The molecule has 0 unspecified atom stereocenters. The van der Waals surface area contributed by atoms with Crippen LogP contribution in [0.4, 0.5) is 5.69 Å². The van der Waals surface area contributed by atoms with Gasteiger partial charge in [0.1, 0.15) is 11.5 Å². The first kappa shape index (κ1) is 22.9. The number of primary amides is 1. The molecule has 0 aliphatic carbocycles. The molecule has 0 fully saturated rings. The highest BCUT2D eigenvalue weighted by Crippen LogP contribution is 2.25. The van der Waals surface area contributed by atoms with E-state index in [1.54, 1.807) is 55.6 Å². The molecule has 0 saturated carbocycles. The Morgan fingerprint density at radius 2 is 1.47 bits per heavy atom. The fourth-order valence-electron chi connectivity index (χ4n) is 2.93. The molecule has 0 radical (unpaired) electrons. The average molecular weight is 450 g/mol. The molecule has 0 aromatic heterocycles. The monoisotopic (exact) mass is 449 g/mol. The summed E-state index contributed by atoms with van der Waals surface area (Å²) in [5.74, 6) is -0.00103. The van der Waals surface area contributed by atoms with Crippen LogP contribution in [-0.2, 0) is 4.79 Å². The number of carbonyl (C=O) groups excluding carboxylic acids is 3. The van der Waals surface area contributed by atoms with Gasteiger partial charge in [-0.15, -0.1) is 11.8 Å². The van der Waals surface area contributed by atoms with Gasteiger partial charge in [0.25, 0.3) is 5.91 Å². The lowest BCUT2D eigenvalue weighted by Gasteiger charge is -2.18. The lowest BCUT2D eigenvalue weighted by molar-refractivity contribution is -0.116. The molecule has 0 spiro atoms. The Bertz CT molecular complexity index is 1110. The first-order valence-electron chi connectivity index (χ1n) is 9.73. The summed E-state index contributed by atoms with van der Waals surface area (Å²) < 4.78 is 5.72. The molecular formula is C24H23N3O4S. The highest BCUT2D eigenvalue weighted by Gasteiger charge is 2.16. The third kappa shape index (κ3) is 5.89. The first-order valence-corrected chi connectivity index (χ1v) is 11.0. The van der Waals surface area contributed by atoms with E-state index >= 15 is 0 Å². The number of likely N-dealkylation sites (N-methyl/N-ethyl adjacent to an activating group) is 1. The molecular weight excluding hydrogens is 426 g/mol. The number of carbonyl (C=O) groups is 3. The minimum absolute atomic E-state index is 0.0774. The lowest BCUT2D eigenvalue weighted by atomic mass is 10.2. The highest BCUT2D eigenvalue weighted by molar-refractivity contribution is 7.98. The molecule has 0 saturated heterocycles. The highest BCUT2D eigenvalue weighted by atomic mass is 32.2. The second-order valence-corrected chi connectivity index (χ2v) is 7.77. The van der Waals surface area contributed by atoms with E-state index in [9.17, 15) is 14.4 Å². The van der Waals surface area contributed by atoms with Gasteiger partial charge >= 0.3 is 0 Å². The van der Waals surface area contributed by atoms with Gasteiger partial charge in [-0.25, -0.2) is 0 Å². The predicted molar refractivity (Wildman–Crippen MR) is 125 cm³/mol. The summed E-state index contributed by atoms with van der Waals surface area (Å²) in [4.78, 5) is 38.5. The van der Waals surface area contributed by atoms with Crippen LogP contribution in [0.5, 0.6) is 11.5 Å². The van der Waals surface area contributed by atoms with Crippen molar-refractivity contribution >= 4 is 35.2 Å². The van der Waals surface area contributed by atoms with Crippen LogP contribution in [0.1, 0.15) is 20.7 Å². The molecule has 0 aliphatic rings. The Balaban J connectivity index is 1.58. The molecule has 7 nitrogen and oxygen atoms in total. The van der Waals surface area contributed by atoms with Crippen molar-refractivity contribution in [3.05, 3.63) is 83.9 Å². The largest absolute Gasteiger partial charge is 0.457 e. The summed E-state index contributed by atoms with van der Waals surface area (Å²) in [6, 6.07) is 20.5. The molecule has 3 aromatic rings. The van der Waals surface area contributed by atoms with Gasteiger partial charge in [-0.1, -0.05) is 12.1 Å². The summed E-state index contributed by atoms with van der Waals surface area (Å²) >= 11 is 1.54. The first-order chi connectivity index (χ1) is 15.4. The Labute approximate surface area is 190 Å². The van der Waals surface area contributed by atoms with E-state index in [1.807, 2.05) is 30.5 Å². The van der Waals surface area contributed by atoms with Crippen molar-refractivity contribution in [2.75, 3.05) is 25.2 Å². The number of rotatable bonds is 8. The number of hydrogen-bond acceptors (Lipinski definition) is 5. The van der Waals surface area contributed by atoms with Crippen molar-refractivity contribution in [1.82, 2.24) is 4.90 Å². The normalized spacial score (nSPS) is 10.3. The van der Waals surface area contributed by atoms with Crippen LogP contribution in [0.3, 0.4) is 0 Å². The number of nitrogens with two attached hydrogens (primary N) is 1. The van der Waals surface area contributed by atoms with Crippen LogP contribution in [0, 0.1) is 0 Å². The zero-order chi connectivity index (χ0) is 23.1. The van der Waals surface area contributed by atoms with E-state index in [2.05, 4.69) is 5.32 Å². The molecule has 3 N–H and O–H groups in total. The molecule has 0 bridgehead atoms. The van der Waals surface area contributed by atoms with Gasteiger partial charge in [0.2, 0.25) is 11.8 Å². The average Bonchev–Trinajstić information content (AvgIpc) is 2.79. The topological polar surface area (TPSA) is 102 Å². The standard InChI is InChI=1S/C24H23N3O4S/c1-27(15-22(28)26-20-5-3-4-6-21(20)32-2)24(30)17-9-13-19(14-10-17)31-18-11-7-16(8-12-18)23(25)29/h3-14H,15H2,1-2H3,(H2,25,29)(H,26,28). The number of thioether (sulfide) groups is 1. The Morgan fingerprint density at radius 1 is 0.906 bits per heavy atom. The number of para-hydroxylation sites is 1. The summed E-state index contributed by atoms with van der Waals surface area (Å²) in [7, 11) is 1.58. The fourth-order valence-corrected chi connectivity index (χ4v) is 3.49. The maximum atomic E-state index is 12.7. The van der Waals surface area contributed by atoms with Crippen LogP contribution in [0.25, 0.3) is 0 Å². The van der Waals surface area contributed by atoms with Crippen molar-refractivity contribution in [2.45, 2.75) is 4.90 Å². The van der Waals surface area contributed by atoms with Crippen LogP contribution in [0.2, 0.25) is 0 Å². The number of ether oxygens (including phenoxy) is 1. The zero-order valence-electron chi connectivity index (χ0n) is 17.7. The molecule has 8 heteroatoms. The van der Waals surface area contributed by atoms with E-state index in [0.29, 0.717) is 22.6 Å². The third-order valence-electron chi connectivity index (χ3n) is 4.58. The van der Waals surface area contributed by atoms with Gasteiger partial charge in [0, 0.05) is 23.1 Å². The van der Waals surface area contributed by atoms with E-state index in [0.717, 1.165) is 10.6 Å². The number of anilines is 1. The van der Waals surface area contributed by atoms with E-state index < -0.39 is 5.91 Å². The SMILES string of the molecule is CSc1ccccc1NC(=O)CN(C)C(=O)c1ccc(Oc2ccc(C(N)=O)cc2)cc1. The van der Waals surface area contributed by atoms with Gasteiger partial charge < -0.3 is 20.7 Å². The number of hydrogen-bond donors (Lipinski definition) is 2. The van der Waals surface area contributed by atoms with E-state index in [1.165, 1.54) is 16.7 Å². The van der Waals surface area contributed by atoms with Gasteiger partial charge in [-0.05, 0) is 66.9 Å². The zero-order valence-corrected chi connectivity index (χ0v) is 18.5. The molecule has 0 atom stereocenters. The smallest absolute Gasteiger partial charge is 0.254 e. The quantitative estimate of drug-likeness (QED) is 0.506.